The summed E-state index contributed by atoms with van der Waals surface area (Å²) in [6.45, 7) is 4.30. The highest BCUT2D eigenvalue weighted by molar-refractivity contribution is 6.07. The molecule has 2 aromatic heterocycles. The van der Waals surface area contributed by atoms with Gasteiger partial charge in [-0.2, -0.15) is 0 Å². The van der Waals surface area contributed by atoms with Crippen LogP contribution in [0.5, 0.6) is 0 Å². The molecular weight excluding hydrogens is 415 g/mol. The largest absolute Gasteiger partial charge is 0.382 e. The Hall–Kier alpha value is -4.26. The molecule has 2 aliphatic heterocycles. The summed E-state index contributed by atoms with van der Waals surface area (Å²) in [6, 6.07) is 10.9. The number of dihydropyridines is 1. The van der Waals surface area contributed by atoms with Gasteiger partial charge in [0.2, 0.25) is 0 Å². The predicted molar refractivity (Wildman–Crippen MR) is 129 cm³/mol. The van der Waals surface area contributed by atoms with E-state index in [1.807, 2.05) is 62.5 Å². The Balaban J connectivity index is 1.57. The molecule has 0 atom stereocenters. The highest BCUT2D eigenvalue weighted by Gasteiger charge is 2.26. The molecule has 0 aliphatic carbocycles. The molecule has 0 bridgehead atoms. The van der Waals surface area contributed by atoms with Crippen molar-refractivity contribution in [2.45, 2.75) is 20.4 Å². The van der Waals surface area contributed by atoms with Gasteiger partial charge in [-0.1, -0.05) is 12.1 Å². The van der Waals surface area contributed by atoms with Crippen molar-refractivity contribution in [2.24, 2.45) is 10.7 Å². The Morgan fingerprint density at radius 3 is 2.76 bits per heavy atom. The second-order valence-corrected chi connectivity index (χ2v) is 8.06. The Morgan fingerprint density at radius 2 is 1.97 bits per heavy atom. The number of anilines is 1. The molecular formula is C26H23FN6. The average Bonchev–Trinajstić information content (AvgIpc) is 2.79. The minimum absolute atomic E-state index is 0.279. The van der Waals surface area contributed by atoms with Gasteiger partial charge in [-0.05, 0) is 61.4 Å². The van der Waals surface area contributed by atoms with E-state index in [1.54, 1.807) is 24.7 Å². The predicted octanol–water partition coefficient (Wildman–Crippen LogP) is 4.87. The summed E-state index contributed by atoms with van der Waals surface area (Å²) in [5.74, 6) is 0.115. The lowest BCUT2D eigenvalue weighted by atomic mass is 10.0. The van der Waals surface area contributed by atoms with Gasteiger partial charge in [0.25, 0.3) is 0 Å². The number of pyridine rings is 2. The number of aryl methyl sites for hydroxylation is 1. The fourth-order valence-electron chi connectivity index (χ4n) is 4.12. The van der Waals surface area contributed by atoms with Crippen molar-refractivity contribution < 1.29 is 4.39 Å². The summed E-state index contributed by atoms with van der Waals surface area (Å²) in [4.78, 5) is 15.0. The maximum absolute atomic E-state index is 15.2. The van der Waals surface area contributed by atoms with Crippen LogP contribution in [0, 0.1) is 12.7 Å². The molecule has 0 unspecified atom stereocenters. The first kappa shape index (κ1) is 20.6. The van der Waals surface area contributed by atoms with Gasteiger partial charge in [0.1, 0.15) is 17.3 Å². The number of nitrogens with one attached hydrogen (secondary N) is 1. The SMILES string of the molecule is CC1=CC(=C2C(N)=Nc3cnccc3N2Cc2ccc(-c3ccnc(C)c3)c(F)c2)C=CN1. The van der Waals surface area contributed by atoms with Crippen molar-refractivity contribution >= 4 is 17.2 Å². The third kappa shape index (κ3) is 4.01. The molecule has 0 spiro atoms. The molecule has 0 saturated carbocycles. The van der Waals surface area contributed by atoms with E-state index in [1.165, 1.54) is 0 Å². The summed E-state index contributed by atoms with van der Waals surface area (Å²) in [7, 11) is 0. The first-order valence-corrected chi connectivity index (χ1v) is 10.6. The Kier molecular flexibility index (Phi) is 5.22. The van der Waals surface area contributed by atoms with Gasteiger partial charge in [0.05, 0.1) is 17.6 Å². The lowest BCUT2D eigenvalue weighted by Crippen LogP contribution is -2.35. The maximum Gasteiger partial charge on any atom is 0.148 e. The molecule has 7 heteroatoms. The fourth-order valence-corrected chi connectivity index (χ4v) is 4.12. The highest BCUT2D eigenvalue weighted by atomic mass is 19.1. The van der Waals surface area contributed by atoms with E-state index in [4.69, 9.17) is 5.73 Å². The van der Waals surface area contributed by atoms with Crippen LogP contribution < -0.4 is 16.0 Å². The molecule has 3 aromatic rings. The summed E-state index contributed by atoms with van der Waals surface area (Å²) in [5.41, 5.74) is 13.7. The summed E-state index contributed by atoms with van der Waals surface area (Å²) < 4.78 is 15.2. The maximum atomic E-state index is 15.2. The van der Waals surface area contributed by atoms with E-state index in [0.717, 1.165) is 39.5 Å². The highest BCUT2D eigenvalue weighted by Crippen LogP contribution is 2.38. The lowest BCUT2D eigenvalue weighted by Gasteiger charge is -2.33. The normalized spacial score (nSPS) is 17.2. The van der Waals surface area contributed by atoms with Gasteiger partial charge < -0.3 is 16.0 Å². The van der Waals surface area contributed by atoms with Gasteiger partial charge in [0, 0.05) is 47.7 Å². The molecule has 164 valence electrons. The van der Waals surface area contributed by atoms with Crippen molar-refractivity contribution in [3.05, 3.63) is 107 Å². The van der Waals surface area contributed by atoms with Crippen LogP contribution in [0.25, 0.3) is 11.1 Å². The number of allylic oxidation sites excluding steroid dienone is 4. The molecule has 4 heterocycles. The first-order valence-electron chi connectivity index (χ1n) is 10.6. The Labute approximate surface area is 191 Å². The summed E-state index contributed by atoms with van der Waals surface area (Å²) >= 11 is 0. The number of hydrogen-bond donors (Lipinski definition) is 2. The fraction of sp³-hybridized carbons (Fsp3) is 0.115. The zero-order valence-electron chi connectivity index (χ0n) is 18.4. The van der Waals surface area contributed by atoms with E-state index in [2.05, 4.69) is 25.2 Å². The topological polar surface area (TPSA) is 79.4 Å². The molecule has 0 amide bonds. The summed E-state index contributed by atoms with van der Waals surface area (Å²) in [5, 5.41) is 3.17. The third-order valence-corrected chi connectivity index (χ3v) is 5.62. The van der Waals surface area contributed by atoms with Gasteiger partial charge >= 0.3 is 0 Å². The monoisotopic (exact) mass is 438 g/mol. The second-order valence-electron chi connectivity index (χ2n) is 8.06. The number of nitrogens with two attached hydrogens (primary N) is 1. The van der Waals surface area contributed by atoms with Crippen LogP contribution in [0.3, 0.4) is 0 Å². The molecule has 5 rings (SSSR count). The van der Waals surface area contributed by atoms with Crippen LogP contribution in [0.4, 0.5) is 15.8 Å². The average molecular weight is 439 g/mol. The molecule has 0 fully saturated rings. The van der Waals surface area contributed by atoms with Gasteiger partial charge in [-0.15, -0.1) is 0 Å². The van der Waals surface area contributed by atoms with E-state index in [0.29, 0.717) is 23.6 Å². The Morgan fingerprint density at radius 1 is 1.09 bits per heavy atom. The van der Waals surface area contributed by atoms with Crippen LogP contribution in [0.15, 0.2) is 95.3 Å². The number of benzene rings is 1. The van der Waals surface area contributed by atoms with Crippen molar-refractivity contribution in [1.82, 2.24) is 15.3 Å². The zero-order valence-corrected chi connectivity index (χ0v) is 18.4. The number of aliphatic imine (C=N–C) groups is 1. The number of amidine groups is 1. The molecule has 1 aromatic carbocycles. The molecule has 0 saturated heterocycles. The number of halogens is 1. The minimum Gasteiger partial charge on any atom is -0.382 e. The van der Waals surface area contributed by atoms with E-state index >= 15 is 4.39 Å². The number of aromatic nitrogens is 2. The quantitative estimate of drug-likeness (QED) is 0.610. The van der Waals surface area contributed by atoms with Crippen molar-refractivity contribution in [3.63, 3.8) is 0 Å². The Bertz CT molecular complexity index is 1370. The van der Waals surface area contributed by atoms with Crippen molar-refractivity contribution in [1.29, 1.82) is 0 Å². The van der Waals surface area contributed by atoms with Gasteiger partial charge in [-0.25, -0.2) is 9.38 Å². The van der Waals surface area contributed by atoms with E-state index in [-0.39, 0.29) is 5.82 Å². The molecule has 0 radical (unpaired) electrons. The molecule has 2 aliphatic rings. The minimum atomic E-state index is -0.279. The van der Waals surface area contributed by atoms with Crippen LogP contribution in [0.2, 0.25) is 0 Å². The smallest absolute Gasteiger partial charge is 0.148 e. The first-order chi connectivity index (χ1) is 16.0. The van der Waals surface area contributed by atoms with Gasteiger partial charge in [-0.3, -0.25) is 9.97 Å². The second kappa shape index (κ2) is 8.35. The lowest BCUT2D eigenvalue weighted by molar-refractivity contribution is 0.628. The molecule has 6 nitrogen and oxygen atoms in total. The van der Waals surface area contributed by atoms with E-state index in [9.17, 15) is 0 Å². The van der Waals surface area contributed by atoms with Crippen LogP contribution in [-0.4, -0.2) is 15.8 Å². The van der Waals surface area contributed by atoms with Crippen molar-refractivity contribution in [3.8, 4) is 11.1 Å². The van der Waals surface area contributed by atoms with E-state index < -0.39 is 0 Å². The molecule has 33 heavy (non-hydrogen) atoms. The van der Waals surface area contributed by atoms with Crippen LogP contribution >= 0.6 is 0 Å². The number of fused-ring (bicyclic) bond motifs is 1. The van der Waals surface area contributed by atoms with Crippen LogP contribution in [-0.2, 0) is 6.54 Å². The van der Waals surface area contributed by atoms with Gasteiger partial charge in [0.15, 0.2) is 0 Å². The summed E-state index contributed by atoms with van der Waals surface area (Å²) in [6.07, 6.45) is 11.0. The van der Waals surface area contributed by atoms with Crippen LogP contribution in [0.1, 0.15) is 18.2 Å². The zero-order chi connectivity index (χ0) is 22.9. The number of nitrogens with zero attached hydrogens (tertiary/aromatic N) is 4. The molecule has 3 N–H and O–H groups in total. The third-order valence-electron chi connectivity index (χ3n) is 5.62. The standard InChI is InChI=1S/C26H23FN6/c1-16-11-19(5-9-30-16)21-4-3-18(13-22(21)27)15-33-24-7-8-29-14-23(24)32-26(28)25(33)20-6-10-31-17(2)12-20/h3-14,31H,15H2,1-2H3,(H2,28,32). The number of rotatable bonds is 3. The number of hydrogen-bond acceptors (Lipinski definition) is 6. The van der Waals surface area contributed by atoms with Crippen molar-refractivity contribution in [2.75, 3.05) is 4.90 Å².